The van der Waals surface area contributed by atoms with Gasteiger partial charge in [-0.1, -0.05) is 23.5 Å². The summed E-state index contributed by atoms with van der Waals surface area (Å²) in [5.74, 6) is -0.763. The number of anilines is 1. The lowest BCUT2D eigenvalue weighted by Gasteiger charge is -2.11. The highest BCUT2D eigenvalue weighted by atomic mass is 32.1. The van der Waals surface area contributed by atoms with Crippen LogP contribution in [0.25, 0.3) is 4.96 Å². The molecule has 7 nitrogen and oxygen atoms in total. The van der Waals surface area contributed by atoms with Gasteiger partial charge in [0.2, 0.25) is 10.1 Å². The quantitative estimate of drug-likeness (QED) is 0.755. The van der Waals surface area contributed by atoms with Crippen molar-refractivity contribution in [3.8, 4) is 0 Å². The summed E-state index contributed by atoms with van der Waals surface area (Å²) in [7, 11) is 0. The van der Waals surface area contributed by atoms with Crippen LogP contribution in [0.3, 0.4) is 0 Å². The van der Waals surface area contributed by atoms with E-state index in [4.69, 9.17) is 0 Å². The van der Waals surface area contributed by atoms with Crippen molar-refractivity contribution >= 4 is 27.3 Å². The molecule has 134 valence electrons. The molecule has 1 fully saturated rings. The van der Waals surface area contributed by atoms with E-state index in [9.17, 15) is 14.0 Å². The number of amides is 1. The lowest BCUT2D eigenvalue weighted by molar-refractivity contribution is 0.0943. The lowest BCUT2D eigenvalue weighted by atomic mass is 10.2. The molecule has 0 spiro atoms. The summed E-state index contributed by atoms with van der Waals surface area (Å²) >= 11 is 1.30. The smallest absolute Gasteiger partial charge is 0.274 e. The molecule has 1 saturated heterocycles. The molecule has 1 amide bonds. The maximum absolute atomic E-state index is 13.0. The van der Waals surface area contributed by atoms with Crippen LogP contribution < -0.4 is 15.8 Å². The molecule has 26 heavy (non-hydrogen) atoms. The molecule has 9 heteroatoms. The number of carbonyl (C=O) groups is 1. The standard InChI is InChI=1S/C17H16FN5O2S/c18-12-5-3-11(4-6-12)10-19-15(25)13-9-14(24)20-16-23(13)21-17(26-16)22-7-1-2-8-22/h3-6,9H,1-2,7-8,10H2,(H,19,25). The highest BCUT2D eigenvalue weighted by Gasteiger charge is 2.20. The number of benzene rings is 1. The lowest BCUT2D eigenvalue weighted by Crippen LogP contribution is -2.27. The Morgan fingerprint density at radius 3 is 2.69 bits per heavy atom. The van der Waals surface area contributed by atoms with E-state index in [1.807, 2.05) is 0 Å². The van der Waals surface area contributed by atoms with Gasteiger partial charge >= 0.3 is 0 Å². The van der Waals surface area contributed by atoms with E-state index < -0.39 is 11.5 Å². The number of fused-ring (bicyclic) bond motifs is 1. The van der Waals surface area contributed by atoms with Crippen LogP contribution in [0.2, 0.25) is 0 Å². The van der Waals surface area contributed by atoms with Crippen molar-refractivity contribution in [2.45, 2.75) is 19.4 Å². The Hall–Kier alpha value is -2.81. The minimum atomic E-state index is -0.478. The van der Waals surface area contributed by atoms with Crippen molar-refractivity contribution in [2.75, 3.05) is 18.0 Å². The molecule has 4 rings (SSSR count). The Bertz CT molecular complexity index is 1010. The van der Waals surface area contributed by atoms with E-state index in [0.717, 1.165) is 36.6 Å². The molecule has 0 bridgehead atoms. The van der Waals surface area contributed by atoms with Gasteiger partial charge in [0, 0.05) is 25.7 Å². The van der Waals surface area contributed by atoms with Crippen LogP contribution >= 0.6 is 11.3 Å². The van der Waals surface area contributed by atoms with Crippen LogP contribution in [0.4, 0.5) is 9.52 Å². The maximum atomic E-state index is 13.0. The van der Waals surface area contributed by atoms with Crippen LogP contribution in [0.1, 0.15) is 28.9 Å². The third kappa shape index (κ3) is 3.30. The fourth-order valence-electron chi connectivity index (χ4n) is 2.88. The van der Waals surface area contributed by atoms with Crippen LogP contribution in [0.15, 0.2) is 35.1 Å². The van der Waals surface area contributed by atoms with Gasteiger partial charge < -0.3 is 10.2 Å². The Balaban J connectivity index is 1.60. The molecule has 0 aliphatic carbocycles. The molecule has 3 heterocycles. The first-order valence-corrected chi connectivity index (χ1v) is 9.10. The van der Waals surface area contributed by atoms with Gasteiger partial charge in [-0.05, 0) is 30.5 Å². The number of carbonyl (C=O) groups excluding carboxylic acids is 1. The van der Waals surface area contributed by atoms with E-state index in [0.29, 0.717) is 4.96 Å². The zero-order valence-electron chi connectivity index (χ0n) is 13.8. The summed E-state index contributed by atoms with van der Waals surface area (Å²) in [6, 6.07) is 7.04. The second-order valence-corrected chi connectivity index (χ2v) is 7.00. The van der Waals surface area contributed by atoms with E-state index in [2.05, 4.69) is 20.3 Å². The van der Waals surface area contributed by atoms with Crippen molar-refractivity contribution in [1.82, 2.24) is 19.9 Å². The van der Waals surface area contributed by atoms with Gasteiger partial charge in [0.05, 0.1) is 0 Å². The molecule has 1 aromatic carbocycles. The average Bonchev–Trinajstić information content (AvgIpc) is 3.29. The van der Waals surface area contributed by atoms with Gasteiger partial charge in [0.25, 0.3) is 11.5 Å². The predicted octanol–water partition coefficient (Wildman–Crippen LogP) is 1.82. The van der Waals surface area contributed by atoms with Gasteiger partial charge in [-0.2, -0.15) is 9.50 Å². The number of hydrogen-bond acceptors (Lipinski definition) is 6. The van der Waals surface area contributed by atoms with Crippen molar-refractivity contribution in [2.24, 2.45) is 0 Å². The highest BCUT2D eigenvalue weighted by Crippen LogP contribution is 2.25. The topological polar surface area (TPSA) is 79.6 Å². The average molecular weight is 373 g/mol. The molecular formula is C17H16FN5O2S. The van der Waals surface area contributed by atoms with Gasteiger partial charge in [0.15, 0.2) is 0 Å². The van der Waals surface area contributed by atoms with Crippen molar-refractivity contribution < 1.29 is 9.18 Å². The van der Waals surface area contributed by atoms with Gasteiger partial charge in [0.1, 0.15) is 11.5 Å². The van der Waals surface area contributed by atoms with Gasteiger partial charge in [-0.3, -0.25) is 9.59 Å². The molecule has 0 atom stereocenters. The third-order valence-corrected chi connectivity index (χ3v) is 5.19. The van der Waals surface area contributed by atoms with E-state index in [1.165, 1.54) is 34.1 Å². The highest BCUT2D eigenvalue weighted by molar-refractivity contribution is 7.20. The number of halogens is 1. The Kier molecular flexibility index (Phi) is 4.37. The van der Waals surface area contributed by atoms with E-state index >= 15 is 0 Å². The molecule has 2 aromatic heterocycles. The summed E-state index contributed by atoms with van der Waals surface area (Å²) < 4.78 is 14.4. The van der Waals surface area contributed by atoms with E-state index in [1.54, 1.807) is 12.1 Å². The Labute approximate surface area is 152 Å². The summed E-state index contributed by atoms with van der Waals surface area (Å²) in [6.07, 6.45) is 2.21. The molecule has 0 saturated carbocycles. The van der Waals surface area contributed by atoms with Crippen LogP contribution in [0, 0.1) is 5.82 Å². The Morgan fingerprint density at radius 2 is 1.96 bits per heavy atom. The molecule has 1 N–H and O–H groups in total. The fourth-order valence-corrected chi connectivity index (χ4v) is 3.84. The summed E-state index contributed by atoms with van der Waals surface area (Å²) in [6.45, 7) is 2.05. The second kappa shape index (κ2) is 6.83. The second-order valence-electron chi connectivity index (χ2n) is 6.06. The van der Waals surface area contributed by atoms with Crippen LogP contribution in [0.5, 0.6) is 0 Å². The van der Waals surface area contributed by atoms with E-state index in [-0.39, 0.29) is 18.1 Å². The summed E-state index contributed by atoms with van der Waals surface area (Å²) in [5, 5.41) is 7.97. The van der Waals surface area contributed by atoms with Gasteiger partial charge in [-0.15, -0.1) is 5.10 Å². The molecule has 3 aromatic rings. The summed E-state index contributed by atoms with van der Waals surface area (Å²) in [5.41, 5.74) is 0.422. The summed E-state index contributed by atoms with van der Waals surface area (Å²) in [4.78, 5) is 30.9. The SMILES string of the molecule is O=C(NCc1ccc(F)cc1)c1cc(=O)nc2sc(N3CCCC3)nn12. The zero-order valence-corrected chi connectivity index (χ0v) is 14.6. The number of nitrogens with zero attached hydrogens (tertiary/aromatic N) is 4. The number of hydrogen-bond donors (Lipinski definition) is 1. The third-order valence-electron chi connectivity index (χ3n) is 4.22. The number of nitrogens with one attached hydrogen (secondary N) is 1. The number of aromatic nitrogens is 3. The molecule has 0 radical (unpaired) electrons. The molecule has 1 aliphatic heterocycles. The van der Waals surface area contributed by atoms with Crippen molar-refractivity contribution in [3.63, 3.8) is 0 Å². The first-order valence-electron chi connectivity index (χ1n) is 8.29. The normalized spacial score (nSPS) is 14.1. The first kappa shape index (κ1) is 16.6. The molecule has 0 unspecified atom stereocenters. The minimum Gasteiger partial charge on any atom is -0.347 e. The first-order chi connectivity index (χ1) is 12.6. The molecule has 1 aliphatic rings. The Morgan fingerprint density at radius 1 is 1.23 bits per heavy atom. The maximum Gasteiger partial charge on any atom is 0.274 e. The van der Waals surface area contributed by atoms with Gasteiger partial charge in [-0.25, -0.2) is 4.39 Å². The number of rotatable bonds is 4. The van der Waals surface area contributed by atoms with Crippen LogP contribution in [-0.2, 0) is 6.54 Å². The minimum absolute atomic E-state index is 0.142. The van der Waals surface area contributed by atoms with Crippen molar-refractivity contribution in [1.29, 1.82) is 0 Å². The predicted molar refractivity (Wildman–Crippen MR) is 96.2 cm³/mol. The van der Waals surface area contributed by atoms with Crippen molar-refractivity contribution in [3.05, 3.63) is 57.8 Å². The fraction of sp³-hybridized carbons (Fsp3) is 0.294. The van der Waals surface area contributed by atoms with Crippen LogP contribution in [-0.4, -0.2) is 33.6 Å². The molecular weight excluding hydrogens is 357 g/mol. The zero-order chi connectivity index (χ0) is 18.1. The monoisotopic (exact) mass is 373 g/mol. The largest absolute Gasteiger partial charge is 0.347 e.